The van der Waals surface area contributed by atoms with Crippen molar-refractivity contribution < 1.29 is 14.3 Å². The first-order chi connectivity index (χ1) is 17.6. The maximum Gasteiger partial charge on any atom is 0.249 e. The van der Waals surface area contributed by atoms with Crippen LogP contribution in [0.15, 0.2) is 54.9 Å². The lowest BCUT2D eigenvalue weighted by Gasteiger charge is -2.38. The molecule has 0 bridgehead atoms. The maximum atomic E-state index is 13.3. The normalized spacial score (nSPS) is 23.1. The van der Waals surface area contributed by atoms with Crippen molar-refractivity contribution in [2.45, 2.75) is 63.6 Å². The zero-order valence-corrected chi connectivity index (χ0v) is 21.1. The van der Waals surface area contributed by atoms with Gasteiger partial charge in [-0.1, -0.05) is 36.4 Å². The van der Waals surface area contributed by atoms with E-state index in [1.54, 1.807) is 6.20 Å². The van der Waals surface area contributed by atoms with E-state index in [2.05, 4.69) is 27.3 Å². The Kier molecular flexibility index (Phi) is 7.97. The average Bonchev–Trinajstić information content (AvgIpc) is 3.23. The van der Waals surface area contributed by atoms with Gasteiger partial charge in [-0.05, 0) is 75.2 Å². The maximum absolute atomic E-state index is 13.3. The number of ether oxygens (including phenoxy) is 1. The molecule has 2 aromatic rings. The molecule has 0 saturated carbocycles. The molecule has 1 N–H and O–H groups in total. The van der Waals surface area contributed by atoms with Crippen LogP contribution in [0.25, 0.3) is 0 Å². The summed E-state index contributed by atoms with van der Waals surface area (Å²) in [6.07, 6.45) is 9.78. The highest BCUT2D eigenvalue weighted by Gasteiger charge is 2.47. The summed E-state index contributed by atoms with van der Waals surface area (Å²) in [7, 11) is 0. The smallest absolute Gasteiger partial charge is 0.249 e. The Labute approximate surface area is 214 Å². The molecular weight excluding hydrogens is 452 g/mol. The number of hydrogen-bond donors (Lipinski definition) is 1. The summed E-state index contributed by atoms with van der Waals surface area (Å²) in [5, 5.41) is 3.27. The van der Waals surface area contributed by atoms with E-state index in [-0.39, 0.29) is 23.5 Å². The van der Waals surface area contributed by atoms with Gasteiger partial charge in [-0.25, -0.2) is 0 Å². The van der Waals surface area contributed by atoms with Crippen LogP contribution in [0, 0.1) is 5.41 Å². The minimum atomic E-state index is -0.331. The number of pyridine rings is 1. The number of piperidine rings is 1. The van der Waals surface area contributed by atoms with Crippen molar-refractivity contribution in [2.75, 3.05) is 32.8 Å². The van der Waals surface area contributed by atoms with Gasteiger partial charge in [0.15, 0.2) is 0 Å². The Morgan fingerprint density at radius 2 is 1.89 bits per heavy atom. The van der Waals surface area contributed by atoms with Crippen LogP contribution in [0.5, 0.6) is 0 Å². The molecule has 4 heterocycles. The molecule has 7 heteroatoms. The Hall–Kier alpha value is -2.77. The van der Waals surface area contributed by atoms with Crippen LogP contribution in [0.4, 0.5) is 0 Å². The molecular formula is C29H38N4O3. The van der Waals surface area contributed by atoms with E-state index in [4.69, 9.17) is 4.74 Å². The van der Waals surface area contributed by atoms with Gasteiger partial charge in [-0.3, -0.25) is 14.6 Å². The molecule has 0 radical (unpaired) electrons. The number of amides is 2. The SMILES string of the molecule is O=C(NC(CCN1CCC2(CC1)CCN(Cc1cccnc1)C2=O)c1ccccc1)[C@@H]1CCCCO1. The van der Waals surface area contributed by atoms with E-state index >= 15 is 0 Å². The number of benzene rings is 1. The third-order valence-electron chi connectivity index (χ3n) is 8.24. The van der Waals surface area contributed by atoms with Gasteiger partial charge in [0.05, 0.1) is 11.5 Å². The van der Waals surface area contributed by atoms with E-state index in [0.717, 1.165) is 82.3 Å². The molecule has 36 heavy (non-hydrogen) atoms. The number of carbonyl (C=O) groups is 2. The van der Waals surface area contributed by atoms with Gasteiger partial charge in [0, 0.05) is 38.6 Å². The number of likely N-dealkylation sites (tertiary alicyclic amines) is 2. The summed E-state index contributed by atoms with van der Waals surface area (Å²) in [6.45, 7) is 4.90. The van der Waals surface area contributed by atoms with E-state index in [1.807, 2.05) is 41.4 Å². The standard InChI is InChI=1S/C29H38N4O3/c34-27(26-10-4-5-20-36-26)31-25(24-8-2-1-3-9-24)11-16-32-17-12-29(13-18-32)14-19-33(28(29)35)22-23-7-6-15-30-21-23/h1-3,6-9,15,21,25-26H,4-5,10-14,16-20,22H2,(H,31,34)/t25?,26-/m0/s1. The molecule has 0 aliphatic carbocycles. The molecule has 5 rings (SSSR count). The first-order valence-corrected chi connectivity index (χ1v) is 13.5. The summed E-state index contributed by atoms with van der Waals surface area (Å²) in [4.78, 5) is 34.9. The number of aromatic nitrogens is 1. The lowest BCUT2D eigenvalue weighted by molar-refractivity contribution is -0.139. The second-order valence-electron chi connectivity index (χ2n) is 10.6. The molecule has 3 aliphatic heterocycles. The molecule has 1 aromatic carbocycles. The van der Waals surface area contributed by atoms with Crippen LogP contribution in [0.2, 0.25) is 0 Å². The number of carbonyl (C=O) groups excluding carboxylic acids is 2. The summed E-state index contributed by atoms with van der Waals surface area (Å²) >= 11 is 0. The molecule has 192 valence electrons. The minimum absolute atomic E-state index is 0.00594. The van der Waals surface area contributed by atoms with E-state index in [1.165, 1.54) is 0 Å². The van der Waals surface area contributed by atoms with Crippen molar-refractivity contribution in [3.8, 4) is 0 Å². The lowest BCUT2D eigenvalue weighted by atomic mass is 9.77. The Balaban J connectivity index is 1.14. The number of hydrogen-bond acceptors (Lipinski definition) is 5. The van der Waals surface area contributed by atoms with Crippen molar-refractivity contribution in [1.29, 1.82) is 0 Å². The Morgan fingerprint density at radius 3 is 2.61 bits per heavy atom. The largest absolute Gasteiger partial charge is 0.368 e. The van der Waals surface area contributed by atoms with E-state index in [9.17, 15) is 9.59 Å². The van der Waals surface area contributed by atoms with Crippen LogP contribution in [-0.4, -0.2) is 65.5 Å². The van der Waals surface area contributed by atoms with Gasteiger partial charge in [0.2, 0.25) is 11.8 Å². The second kappa shape index (κ2) is 11.5. The van der Waals surface area contributed by atoms with Crippen molar-refractivity contribution >= 4 is 11.8 Å². The summed E-state index contributed by atoms with van der Waals surface area (Å²) in [5.74, 6) is 0.319. The van der Waals surface area contributed by atoms with Crippen molar-refractivity contribution in [2.24, 2.45) is 5.41 Å². The molecule has 1 aromatic heterocycles. The fourth-order valence-corrected chi connectivity index (χ4v) is 5.96. The molecule has 2 amide bonds. The monoisotopic (exact) mass is 490 g/mol. The fourth-order valence-electron chi connectivity index (χ4n) is 5.96. The molecule has 3 aliphatic rings. The topological polar surface area (TPSA) is 74.8 Å². The predicted octanol–water partition coefficient (Wildman–Crippen LogP) is 3.71. The third kappa shape index (κ3) is 5.79. The van der Waals surface area contributed by atoms with Crippen molar-refractivity contribution in [3.05, 3.63) is 66.0 Å². The lowest BCUT2D eigenvalue weighted by Crippen LogP contribution is -2.45. The zero-order chi connectivity index (χ0) is 24.8. The van der Waals surface area contributed by atoms with Crippen LogP contribution in [-0.2, 0) is 20.9 Å². The van der Waals surface area contributed by atoms with Crippen LogP contribution < -0.4 is 5.32 Å². The highest BCUT2D eigenvalue weighted by molar-refractivity contribution is 5.85. The number of rotatable bonds is 8. The minimum Gasteiger partial charge on any atom is -0.368 e. The molecule has 7 nitrogen and oxygen atoms in total. The summed E-state index contributed by atoms with van der Waals surface area (Å²) in [5.41, 5.74) is 2.02. The summed E-state index contributed by atoms with van der Waals surface area (Å²) < 4.78 is 5.72. The molecule has 3 saturated heterocycles. The van der Waals surface area contributed by atoms with Crippen LogP contribution >= 0.6 is 0 Å². The van der Waals surface area contributed by atoms with Gasteiger partial charge in [-0.2, -0.15) is 0 Å². The van der Waals surface area contributed by atoms with Gasteiger partial charge in [-0.15, -0.1) is 0 Å². The Bertz CT molecular complexity index is 1000. The van der Waals surface area contributed by atoms with Crippen molar-refractivity contribution in [3.63, 3.8) is 0 Å². The molecule has 2 atom stereocenters. The first kappa shape index (κ1) is 24.9. The zero-order valence-electron chi connectivity index (χ0n) is 21.1. The van der Waals surface area contributed by atoms with Gasteiger partial charge in [0.25, 0.3) is 0 Å². The van der Waals surface area contributed by atoms with Crippen molar-refractivity contribution in [1.82, 2.24) is 20.1 Å². The molecule has 3 fully saturated rings. The van der Waals surface area contributed by atoms with Gasteiger partial charge in [0.1, 0.15) is 6.10 Å². The van der Waals surface area contributed by atoms with E-state index in [0.29, 0.717) is 19.1 Å². The van der Waals surface area contributed by atoms with E-state index < -0.39 is 0 Å². The highest BCUT2D eigenvalue weighted by Crippen LogP contribution is 2.42. The predicted molar refractivity (Wildman–Crippen MR) is 138 cm³/mol. The Morgan fingerprint density at radius 1 is 1.08 bits per heavy atom. The fraction of sp³-hybridized carbons (Fsp3) is 0.552. The van der Waals surface area contributed by atoms with Crippen LogP contribution in [0.3, 0.4) is 0 Å². The first-order valence-electron chi connectivity index (χ1n) is 13.5. The summed E-state index contributed by atoms with van der Waals surface area (Å²) in [6, 6.07) is 14.2. The van der Waals surface area contributed by atoms with Gasteiger partial charge >= 0.3 is 0 Å². The van der Waals surface area contributed by atoms with Gasteiger partial charge < -0.3 is 19.9 Å². The molecule has 1 unspecified atom stereocenters. The third-order valence-corrected chi connectivity index (χ3v) is 8.24. The van der Waals surface area contributed by atoms with Crippen LogP contribution in [0.1, 0.15) is 62.1 Å². The number of nitrogens with zero attached hydrogens (tertiary/aromatic N) is 3. The molecule has 1 spiro atoms. The average molecular weight is 491 g/mol. The quantitative estimate of drug-likeness (QED) is 0.611. The highest BCUT2D eigenvalue weighted by atomic mass is 16.5. The number of nitrogens with one attached hydrogen (secondary N) is 1. The second-order valence-corrected chi connectivity index (χ2v) is 10.6.